The Kier molecular flexibility index (Phi) is 4.72. The molecule has 0 radical (unpaired) electrons. The highest BCUT2D eigenvalue weighted by Gasteiger charge is 2.21. The van der Waals surface area contributed by atoms with E-state index >= 15 is 0 Å². The van der Waals surface area contributed by atoms with Crippen LogP contribution < -0.4 is 19.5 Å². The summed E-state index contributed by atoms with van der Waals surface area (Å²) in [6.45, 7) is 1.97. The van der Waals surface area contributed by atoms with Gasteiger partial charge in [0.05, 0.1) is 21.3 Å². The lowest BCUT2D eigenvalue weighted by Crippen LogP contribution is -2.16. The number of ether oxygens (including phenoxy) is 3. The molecule has 23 heavy (non-hydrogen) atoms. The van der Waals surface area contributed by atoms with Gasteiger partial charge < -0.3 is 19.5 Å². The van der Waals surface area contributed by atoms with E-state index in [0.29, 0.717) is 0 Å². The second kappa shape index (κ2) is 6.92. The molecule has 0 aromatic heterocycles. The average Bonchev–Trinajstić information content (AvgIpc) is 2.85. The second-order valence-electron chi connectivity index (χ2n) is 5.60. The molecule has 0 saturated carbocycles. The Balaban J connectivity index is 2.22. The van der Waals surface area contributed by atoms with Crippen molar-refractivity contribution in [2.24, 2.45) is 0 Å². The zero-order valence-electron chi connectivity index (χ0n) is 13.9. The molecule has 0 unspecified atom stereocenters. The van der Waals surface area contributed by atoms with Gasteiger partial charge in [-0.05, 0) is 60.8 Å². The summed E-state index contributed by atoms with van der Waals surface area (Å²) >= 11 is 0. The first-order valence-electron chi connectivity index (χ1n) is 7.90. The molecule has 1 N–H and O–H groups in total. The van der Waals surface area contributed by atoms with Crippen LogP contribution in [0.5, 0.6) is 17.2 Å². The van der Waals surface area contributed by atoms with Gasteiger partial charge in [-0.3, -0.25) is 0 Å². The Morgan fingerprint density at radius 2 is 1.61 bits per heavy atom. The standard InChI is InChI=1S/C19H23NO3/c1-21-15-6-4-13(5-7-15)18-16-9-11-20-10-8-14(16)12-17(22-2)19(18)23-3/h4-7,12,20H,8-11H2,1-3H3. The maximum absolute atomic E-state index is 5.71. The summed E-state index contributed by atoms with van der Waals surface area (Å²) in [4.78, 5) is 0. The van der Waals surface area contributed by atoms with Gasteiger partial charge in [0.25, 0.3) is 0 Å². The fraction of sp³-hybridized carbons (Fsp3) is 0.368. The van der Waals surface area contributed by atoms with Gasteiger partial charge in [-0.2, -0.15) is 0 Å². The SMILES string of the molecule is COc1ccc(-c2c3c(cc(OC)c2OC)CCNCC3)cc1. The van der Waals surface area contributed by atoms with Gasteiger partial charge in [-0.1, -0.05) is 12.1 Å². The molecule has 1 heterocycles. The van der Waals surface area contributed by atoms with E-state index in [9.17, 15) is 0 Å². The van der Waals surface area contributed by atoms with Crippen LogP contribution in [0.25, 0.3) is 11.1 Å². The zero-order chi connectivity index (χ0) is 16.2. The Hall–Kier alpha value is -2.20. The fourth-order valence-corrected chi connectivity index (χ4v) is 3.22. The largest absolute Gasteiger partial charge is 0.497 e. The van der Waals surface area contributed by atoms with Gasteiger partial charge in [-0.25, -0.2) is 0 Å². The van der Waals surface area contributed by atoms with Crippen LogP contribution in [0.3, 0.4) is 0 Å². The molecule has 2 aromatic carbocycles. The molecule has 3 rings (SSSR count). The molecule has 4 heteroatoms. The maximum Gasteiger partial charge on any atom is 0.168 e. The highest BCUT2D eigenvalue weighted by molar-refractivity contribution is 5.79. The number of rotatable bonds is 4. The minimum atomic E-state index is 0.791. The van der Waals surface area contributed by atoms with Crippen LogP contribution in [0.1, 0.15) is 11.1 Å². The molecule has 122 valence electrons. The summed E-state index contributed by atoms with van der Waals surface area (Å²) in [6, 6.07) is 10.2. The third-order valence-electron chi connectivity index (χ3n) is 4.37. The van der Waals surface area contributed by atoms with Crippen molar-refractivity contribution in [1.29, 1.82) is 0 Å². The van der Waals surface area contributed by atoms with Crippen molar-refractivity contribution in [3.8, 4) is 28.4 Å². The van der Waals surface area contributed by atoms with E-state index in [2.05, 4.69) is 23.5 Å². The van der Waals surface area contributed by atoms with Crippen LogP contribution in [-0.4, -0.2) is 34.4 Å². The van der Waals surface area contributed by atoms with Crippen molar-refractivity contribution < 1.29 is 14.2 Å². The molecular formula is C19H23NO3. The van der Waals surface area contributed by atoms with Gasteiger partial charge >= 0.3 is 0 Å². The smallest absolute Gasteiger partial charge is 0.168 e. The third kappa shape index (κ3) is 2.99. The van der Waals surface area contributed by atoms with Crippen molar-refractivity contribution in [2.75, 3.05) is 34.4 Å². The quantitative estimate of drug-likeness (QED) is 0.942. The molecule has 0 aliphatic carbocycles. The van der Waals surface area contributed by atoms with Crippen LogP contribution in [-0.2, 0) is 12.8 Å². The van der Waals surface area contributed by atoms with E-state index in [0.717, 1.165) is 54.3 Å². The van der Waals surface area contributed by atoms with Gasteiger partial charge in [-0.15, -0.1) is 0 Å². The summed E-state index contributed by atoms with van der Waals surface area (Å²) in [7, 11) is 5.07. The Morgan fingerprint density at radius 1 is 0.870 bits per heavy atom. The highest BCUT2D eigenvalue weighted by Crippen LogP contribution is 2.43. The van der Waals surface area contributed by atoms with Gasteiger partial charge in [0.2, 0.25) is 0 Å². The number of nitrogens with one attached hydrogen (secondary N) is 1. The lowest BCUT2D eigenvalue weighted by Gasteiger charge is -2.20. The molecule has 0 atom stereocenters. The Labute approximate surface area is 137 Å². The van der Waals surface area contributed by atoms with Crippen LogP contribution in [0.2, 0.25) is 0 Å². The average molecular weight is 313 g/mol. The minimum Gasteiger partial charge on any atom is -0.497 e. The molecular weight excluding hydrogens is 290 g/mol. The molecule has 0 amide bonds. The second-order valence-corrected chi connectivity index (χ2v) is 5.60. The normalized spacial score (nSPS) is 13.9. The van der Waals surface area contributed by atoms with E-state index in [-0.39, 0.29) is 0 Å². The number of methoxy groups -OCH3 is 3. The first kappa shape index (κ1) is 15.7. The van der Waals surface area contributed by atoms with Crippen molar-refractivity contribution in [3.63, 3.8) is 0 Å². The zero-order valence-corrected chi connectivity index (χ0v) is 13.9. The molecule has 2 aromatic rings. The predicted molar refractivity (Wildman–Crippen MR) is 91.8 cm³/mol. The van der Waals surface area contributed by atoms with Crippen LogP contribution in [0.4, 0.5) is 0 Å². The Morgan fingerprint density at radius 3 is 2.26 bits per heavy atom. The highest BCUT2D eigenvalue weighted by atomic mass is 16.5. The summed E-state index contributed by atoms with van der Waals surface area (Å²) in [6.07, 6.45) is 1.98. The Bertz CT molecular complexity index is 680. The van der Waals surface area contributed by atoms with Gasteiger partial charge in [0.15, 0.2) is 11.5 Å². The summed E-state index contributed by atoms with van der Waals surface area (Å²) in [5.74, 6) is 2.45. The topological polar surface area (TPSA) is 39.7 Å². The van der Waals surface area contributed by atoms with Crippen LogP contribution in [0.15, 0.2) is 30.3 Å². The van der Waals surface area contributed by atoms with Crippen molar-refractivity contribution >= 4 is 0 Å². The minimum absolute atomic E-state index is 0.791. The molecule has 1 aliphatic rings. The number of hydrogen-bond donors (Lipinski definition) is 1. The number of fused-ring (bicyclic) bond motifs is 1. The summed E-state index contributed by atoms with van der Waals surface area (Å²) in [5, 5.41) is 3.46. The molecule has 0 saturated heterocycles. The first-order valence-corrected chi connectivity index (χ1v) is 7.90. The van der Waals surface area contributed by atoms with Crippen LogP contribution in [0, 0.1) is 0 Å². The van der Waals surface area contributed by atoms with E-state index in [4.69, 9.17) is 14.2 Å². The molecule has 1 aliphatic heterocycles. The van der Waals surface area contributed by atoms with Crippen molar-refractivity contribution in [2.45, 2.75) is 12.8 Å². The van der Waals surface area contributed by atoms with Crippen molar-refractivity contribution in [1.82, 2.24) is 5.32 Å². The fourth-order valence-electron chi connectivity index (χ4n) is 3.22. The van der Waals surface area contributed by atoms with E-state index in [1.165, 1.54) is 11.1 Å². The molecule has 0 fully saturated rings. The molecule has 0 spiro atoms. The maximum atomic E-state index is 5.71. The van der Waals surface area contributed by atoms with E-state index in [1.807, 2.05) is 12.1 Å². The lowest BCUT2D eigenvalue weighted by molar-refractivity contribution is 0.355. The first-order chi connectivity index (χ1) is 11.3. The van der Waals surface area contributed by atoms with Crippen LogP contribution >= 0.6 is 0 Å². The summed E-state index contributed by atoms with van der Waals surface area (Å²) in [5.41, 5.74) is 4.93. The van der Waals surface area contributed by atoms with Gasteiger partial charge in [0.1, 0.15) is 5.75 Å². The van der Waals surface area contributed by atoms with Gasteiger partial charge in [0, 0.05) is 5.56 Å². The predicted octanol–water partition coefficient (Wildman–Crippen LogP) is 3.07. The van der Waals surface area contributed by atoms with E-state index in [1.54, 1.807) is 21.3 Å². The molecule has 0 bridgehead atoms. The lowest BCUT2D eigenvalue weighted by atomic mass is 9.91. The molecule has 4 nitrogen and oxygen atoms in total. The van der Waals surface area contributed by atoms with Crippen molar-refractivity contribution in [3.05, 3.63) is 41.5 Å². The third-order valence-corrected chi connectivity index (χ3v) is 4.37. The summed E-state index contributed by atoms with van der Waals surface area (Å²) < 4.78 is 16.6. The van der Waals surface area contributed by atoms with E-state index < -0.39 is 0 Å². The number of hydrogen-bond acceptors (Lipinski definition) is 4. The monoisotopic (exact) mass is 313 g/mol. The number of benzene rings is 2.